The molecule has 3 heterocycles. The average molecular weight is 558 g/mol. The van der Waals surface area contributed by atoms with E-state index in [1.807, 2.05) is 29.2 Å². The van der Waals surface area contributed by atoms with Gasteiger partial charge >= 0.3 is 5.97 Å². The number of aromatic nitrogens is 1. The van der Waals surface area contributed by atoms with Gasteiger partial charge in [-0.2, -0.15) is 4.31 Å². The predicted molar refractivity (Wildman–Crippen MR) is 143 cm³/mol. The number of piperazine rings is 1. The van der Waals surface area contributed by atoms with Gasteiger partial charge in [-0.15, -0.1) is 0 Å². The number of nitrogens with zero attached hydrogens (tertiary/aromatic N) is 3. The number of carbonyl (C=O) groups is 2. The second kappa shape index (κ2) is 10.4. The Morgan fingerprint density at radius 3 is 2.42 bits per heavy atom. The minimum absolute atomic E-state index is 0.0289. The van der Waals surface area contributed by atoms with Crippen molar-refractivity contribution in [2.75, 3.05) is 32.7 Å². The topological polar surface area (TPSA) is 138 Å². The molecule has 0 unspecified atom stereocenters. The van der Waals surface area contributed by atoms with E-state index in [4.69, 9.17) is 22.1 Å². The maximum Gasteiger partial charge on any atom is 0.306 e. The zero-order chi connectivity index (χ0) is 27.0. The fourth-order valence-electron chi connectivity index (χ4n) is 4.94. The van der Waals surface area contributed by atoms with Crippen molar-refractivity contribution in [1.82, 2.24) is 19.1 Å². The van der Waals surface area contributed by atoms with Crippen molar-refractivity contribution >= 4 is 50.2 Å². The van der Waals surface area contributed by atoms with Crippen LogP contribution < -0.4 is 0 Å². The molecule has 12 heteroatoms. The quantitative estimate of drug-likeness (QED) is 0.315. The fourth-order valence-corrected chi connectivity index (χ4v) is 6.51. The lowest BCUT2D eigenvalue weighted by molar-refractivity contribution is -0.143. The van der Waals surface area contributed by atoms with Crippen LogP contribution in [0.4, 0.5) is 0 Å². The Balaban J connectivity index is 1.19. The van der Waals surface area contributed by atoms with E-state index >= 15 is 0 Å². The summed E-state index contributed by atoms with van der Waals surface area (Å²) in [5.74, 6) is -1.06. The third-order valence-corrected chi connectivity index (χ3v) is 9.22. The molecule has 2 aliphatic rings. The number of fused-ring (bicyclic) bond motifs is 1. The number of carboxylic acids is 1. The van der Waals surface area contributed by atoms with Crippen LogP contribution in [0.15, 0.2) is 53.6 Å². The molecule has 0 atom stereocenters. The molecule has 200 valence electrons. The molecule has 0 spiro atoms. The first-order valence-electron chi connectivity index (χ1n) is 12.3. The highest BCUT2D eigenvalue weighted by Crippen LogP contribution is 2.25. The van der Waals surface area contributed by atoms with Crippen molar-refractivity contribution in [3.63, 3.8) is 0 Å². The van der Waals surface area contributed by atoms with Gasteiger partial charge < -0.3 is 19.9 Å². The molecule has 2 aromatic carbocycles. The van der Waals surface area contributed by atoms with E-state index in [-0.39, 0.29) is 36.5 Å². The second-order valence-electron chi connectivity index (χ2n) is 9.66. The molecule has 0 saturated carbocycles. The Morgan fingerprint density at radius 1 is 1.05 bits per heavy atom. The minimum atomic E-state index is -3.87. The molecule has 2 fully saturated rings. The van der Waals surface area contributed by atoms with Gasteiger partial charge in [0.15, 0.2) is 0 Å². The zero-order valence-corrected chi connectivity index (χ0v) is 22.1. The molecule has 0 bridgehead atoms. The number of carbonyl (C=O) groups excluding carboxylic acids is 1. The molecule has 38 heavy (non-hydrogen) atoms. The number of likely N-dealkylation sites (tertiary alicyclic amines) is 1. The second-order valence-corrected chi connectivity index (χ2v) is 12.0. The Labute approximate surface area is 225 Å². The van der Waals surface area contributed by atoms with Gasteiger partial charge in [0.1, 0.15) is 10.9 Å². The number of benzene rings is 2. The summed E-state index contributed by atoms with van der Waals surface area (Å²) in [6, 6.07) is 14.0. The number of H-pyrrole nitrogens is 1. The van der Waals surface area contributed by atoms with Crippen molar-refractivity contribution in [1.29, 1.82) is 5.41 Å². The van der Waals surface area contributed by atoms with Gasteiger partial charge in [-0.3, -0.25) is 15.0 Å². The molecule has 0 radical (unpaired) electrons. The van der Waals surface area contributed by atoms with Crippen LogP contribution in [0.25, 0.3) is 10.9 Å². The van der Waals surface area contributed by atoms with Gasteiger partial charge in [-0.05, 0) is 42.7 Å². The van der Waals surface area contributed by atoms with Crippen LogP contribution >= 0.6 is 11.6 Å². The highest BCUT2D eigenvalue weighted by Gasteiger charge is 2.34. The Morgan fingerprint density at radius 2 is 1.76 bits per heavy atom. The lowest BCUT2D eigenvalue weighted by atomic mass is 9.96. The molecule has 3 N–H and O–H groups in total. The predicted octanol–water partition coefficient (Wildman–Crippen LogP) is 2.98. The van der Waals surface area contributed by atoms with Crippen LogP contribution in [-0.4, -0.2) is 83.0 Å². The van der Waals surface area contributed by atoms with Crippen molar-refractivity contribution < 1.29 is 23.1 Å². The smallest absolute Gasteiger partial charge is 0.306 e. The number of amidine groups is 1. The minimum Gasteiger partial charge on any atom is -0.481 e. The van der Waals surface area contributed by atoms with E-state index < -0.39 is 16.0 Å². The number of hydrogen-bond acceptors (Lipinski definition) is 5. The van der Waals surface area contributed by atoms with Crippen molar-refractivity contribution in [3.05, 3.63) is 64.7 Å². The highest BCUT2D eigenvalue weighted by molar-refractivity contribution is 7.89. The number of hydrogen-bond donors (Lipinski definition) is 3. The van der Waals surface area contributed by atoms with E-state index in [1.54, 1.807) is 23.1 Å². The van der Waals surface area contributed by atoms with E-state index in [0.717, 1.165) is 11.1 Å². The van der Waals surface area contributed by atoms with Crippen LogP contribution in [0.5, 0.6) is 0 Å². The first-order valence-corrected chi connectivity index (χ1v) is 14.2. The number of sulfonamides is 1. The highest BCUT2D eigenvalue weighted by atomic mass is 35.5. The maximum absolute atomic E-state index is 13.2. The number of carboxylic acid groups (broad SMARTS) is 1. The van der Waals surface area contributed by atoms with Crippen LogP contribution in [0.3, 0.4) is 0 Å². The monoisotopic (exact) mass is 557 g/mol. The number of aromatic amines is 1. The first-order chi connectivity index (χ1) is 18.1. The van der Waals surface area contributed by atoms with Crippen molar-refractivity contribution in [2.45, 2.75) is 24.4 Å². The number of piperidine rings is 1. The molecule has 1 aromatic heterocycles. The van der Waals surface area contributed by atoms with Gasteiger partial charge in [0.2, 0.25) is 5.91 Å². The number of aliphatic carboxylic acids is 1. The fraction of sp³-hybridized carbons (Fsp3) is 0.346. The van der Waals surface area contributed by atoms with Gasteiger partial charge in [0.05, 0.1) is 12.5 Å². The lowest BCUT2D eigenvalue weighted by Gasteiger charge is -2.33. The summed E-state index contributed by atoms with van der Waals surface area (Å²) in [5.41, 5.74) is 2.26. The maximum atomic E-state index is 13.2. The molecule has 0 aliphatic carbocycles. The summed E-state index contributed by atoms with van der Waals surface area (Å²) in [6.45, 7) is 1.61. The molecular weight excluding hydrogens is 530 g/mol. The molecule has 1 amide bonds. The zero-order valence-electron chi connectivity index (χ0n) is 20.6. The average Bonchev–Trinajstić information content (AvgIpc) is 3.34. The van der Waals surface area contributed by atoms with Gasteiger partial charge in [-0.1, -0.05) is 35.9 Å². The number of amides is 1. The standard InChI is InChI=1S/C26H28ClN5O5S/c27-21-5-6-22-20(13-21)14-23(29-22)38(36,37)32-12-11-31(24(33)16-32)15-17-1-3-18(4-2-17)25(28)30-9-7-19(8-10-30)26(34)35/h1-6,13-14,19,28-29H,7-12,15-16H2,(H,34,35). The first kappa shape index (κ1) is 26.2. The van der Waals surface area contributed by atoms with E-state index in [9.17, 15) is 18.0 Å². The van der Waals surface area contributed by atoms with E-state index in [1.165, 1.54) is 10.4 Å². The van der Waals surface area contributed by atoms with Crippen LogP contribution in [0.2, 0.25) is 5.02 Å². The van der Waals surface area contributed by atoms with Gasteiger partial charge in [0.25, 0.3) is 10.0 Å². The van der Waals surface area contributed by atoms with Crippen LogP contribution in [-0.2, 0) is 26.2 Å². The summed E-state index contributed by atoms with van der Waals surface area (Å²) >= 11 is 6.01. The molecule has 5 rings (SSSR count). The molecule has 10 nitrogen and oxygen atoms in total. The molecular formula is C26H28ClN5O5S. The number of halogens is 1. The normalized spacial score (nSPS) is 17.8. The Kier molecular flexibility index (Phi) is 7.17. The van der Waals surface area contributed by atoms with Gasteiger partial charge in [-0.25, -0.2) is 8.42 Å². The number of rotatable bonds is 6. The van der Waals surface area contributed by atoms with Crippen LogP contribution in [0, 0.1) is 11.3 Å². The van der Waals surface area contributed by atoms with Gasteiger partial charge in [0, 0.05) is 54.2 Å². The van der Waals surface area contributed by atoms with E-state index in [0.29, 0.717) is 54.2 Å². The largest absolute Gasteiger partial charge is 0.481 e. The van der Waals surface area contributed by atoms with E-state index in [2.05, 4.69) is 4.98 Å². The SMILES string of the molecule is N=C(c1ccc(CN2CCN(S(=O)(=O)c3cc4cc(Cl)ccc4[nH]3)CC2=O)cc1)N1CCC(C(=O)O)CC1. The third kappa shape index (κ3) is 5.27. The lowest BCUT2D eigenvalue weighted by Crippen LogP contribution is -2.51. The summed E-state index contributed by atoms with van der Waals surface area (Å²) in [4.78, 5) is 30.5. The summed E-state index contributed by atoms with van der Waals surface area (Å²) in [5, 5.41) is 18.9. The summed E-state index contributed by atoms with van der Waals surface area (Å²) in [6.07, 6.45) is 1.04. The summed E-state index contributed by atoms with van der Waals surface area (Å²) < 4.78 is 27.5. The van der Waals surface area contributed by atoms with Crippen molar-refractivity contribution in [2.24, 2.45) is 5.92 Å². The third-order valence-electron chi connectivity index (χ3n) is 7.22. The molecule has 2 saturated heterocycles. The Bertz CT molecular complexity index is 1500. The molecule has 3 aromatic rings. The summed E-state index contributed by atoms with van der Waals surface area (Å²) in [7, 11) is -3.87. The molecule has 2 aliphatic heterocycles. The van der Waals surface area contributed by atoms with Crippen LogP contribution in [0.1, 0.15) is 24.0 Å². The van der Waals surface area contributed by atoms with Crippen molar-refractivity contribution in [3.8, 4) is 0 Å². The number of nitrogens with one attached hydrogen (secondary N) is 2. The Hall–Kier alpha value is -3.41.